The SMILES string of the molecule is C#Cc1cccc2cccc(-c3c(F)cc4c(N5CC6CCC(C5)N6)nc(OCC5(CN6CC7(CCOCC7)C6)CC5)nc4c3F)c12. The van der Waals surface area contributed by atoms with Crippen LogP contribution in [0.15, 0.2) is 42.5 Å². The Hall–Kier alpha value is -3.84. The van der Waals surface area contributed by atoms with Gasteiger partial charge in [-0.2, -0.15) is 9.97 Å². The van der Waals surface area contributed by atoms with Gasteiger partial charge in [0.05, 0.1) is 12.2 Å². The van der Waals surface area contributed by atoms with E-state index in [1.165, 1.54) is 6.07 Å². The summed E-state index contributed by atoms with van der Waals surface area (Å²) in [5, 5.41) is 5.47. The van der Waals surface area contributed by atoms with Crippen LogP contribution in [0.2, 0.25) is 0 Å². The zero-order valence-corrected chi connectivity index (χ0v) is 26.5. The number of aromatic nitrogens is 2. The van der Waals surface area contributed by atoms with E-state index in [-0.39, 0.29) is 22.5 Å². The van der Waals surface area contributed by atoms with Crippen LogP contribution in [0.4, 0.5) is 14.6 Å². The largest absolute Gasteiger partial charge is 0.463 e. The molecule has 0 amide bonds. The van der Waals surface area contributed by atoms with Crippen LogP contribution in [0.3, 0.4) is 0 Å². The molecule has 4 aromatic rings. The standard InChI is InChI=1S/C38H39F2N5O2/c1-2-24-5-3-6-25-7-4-8-28(31(24)25)32-30(39)17-29-34(33(32)40)42-36(43-35(29)45-18-26-9-10-27(19-45)41-26)47-23-38(11-12-38)22-44-20-37(21-44)13-15-46-16-14-37/h1,3-8,17,26-27,41H,9-16,18-23H2. The Morgan fingerprint density at radius 2 is 1.74 bits per heavy atom. The summed E-state index contributed by atoms with van der Waals surface area (Å²) in [6, 6.07) is 13.2. The number of piperazine rings is 1. The van der Waals surface area contributed by atoms with E-state index >= 15 is 8.78 Å². The number of ether oxygens (including phenoxy) is 2. The molecule has 47 heavy (non-hydrogen) atoms. The molecule has 3 aromatic carbocycles. The quantitative estimate of drug-likeness (QED) is 0.253. The molecule has 2 atom stereocenters. The van der Waals surface area contributed by atoms with E-state index in [1.54, 1.807) is 18.2 Å². The Morgan fingerprint density at radius 3 is 2.47 bits per heavy atom. The van der Waals surface area contributed by atoms with Gasteiger partial charge in [-0.1, -0.05) is 36.3 Å². The molecule has 5 aliphatic rings. The minimum Gasteiger partial charge on any atom is -0.463 e. The first-order chi connectivity index (χ1) is 22.9. The molecule has 4 aliphatic heterocycles. The zero-order valence-electron chi connectivity index (χ0n) is 26.5. The highest BCUT2D eigenvalue weighted by Crippen LogP contribution is 2.50. The second-order valence-electron chi connectivity index (χ2n) is 14.7. The number of fused-ring (bicyclic) bond motifs is 4. The van der Waals surface area contributed by atoms with E-state index in [4.69, 9.17) is 20.9 Å². The number of rotatable bonds is 7. The molecule has 2 bridgehead atoms. The maximum absolute atomic E-state index is 16.9. The van der Waals surface area contributed by atoms with Crippen molar-refractivity contribution in [2.24, 2.45) is 10.8 Å². The Bertz CT molecular complexity index is 1910. The van der Waals surface area contributed by atoms with Gasteiger partial charge in [-0.25, -0.2) is 8.78 Å². The Kier molecular flexibility index (Phi) is 6.93. The van der Waals surface area contributed by atoms with E-state index in [2.05, 4.69) is 26.0 Å². The highest BCUT2D eigenvalue weighted by Gasteiger charge is 2.51. The van der Waals surface area contributed by atoms with Crippen molar-refractivity contribution < 1.29 is 18.3 Å². The van der Waals surface area contributed by atoms with Gasteiger partial charge in [0, 0.05) is 85.2 Å². The maximum Gasteiger partial charge on any atom is 0.319 e. The van der Waals surface area contributed by atoms with Gasteiger partial charge in [0.2, 0.25) is 0 Å². The summed E-state index contributed by atoms with van der Waals surface area (Å²) in [6.07, 6.45) is 12.5. The van der Waals surface area contributed by atoms with Crippen molar-refractivity contribution in [3.63, 3.8) is 0 Å². The predicted molar refractivity (Wildman–Crippen MR) is 179 cm³/mol. The lowest BCUT2D eigenvalue weighted by Crippen LogP contribution is -2.59. The van der Waals surface area contributed by atoms with Crippen LogP contribution in [-0.4, -0.2) is 79.5 Å². The second-order valence-corrected chi connectivity index (χ2v) is 14.7. The van der Waals surface area contributed by atoms with Gasteiger partial charge in [0.15, 0.2) is 5.82 Å². The molecule has 242 valence electrons. The molecule has 1 aromatic heterocycles. The summed E-state index contributed by atoms with van der Waals surface area (Å²) in [4.78, 5) is 14.2. The van der Waals surface area contributed by atoms with E-state index in [9.17, 15) is 0 Å². The van der Waals surface area contributed by atoms with Crippen molar-refractivity contribution in [1.82, 2.24) is 20.2 Å². The molecule has 9 heteroatoms. The van der Waals surface area contributed by atoms with Gasteiger partial charge in [0.25, 0.3) is 0 Å². The summed E-state index contributed by atoms with van der Waals surface area (Å²) in [6.45, 7) is 6.87. The van der Waals surface area contributed by atoms with Crippen molar-refractivity contribution in [3.05, 3.63) is 59.7 Å². The minimum atomic E-state index is -0.727. The molecule has 1 spiro atoms. The number of likely N-dealkylation sites (tertiary alicyclic amines) is 1. The zero-order chi connectivity index (χ0) is 31.8. The molecule has 1 saturated carbocycles. The lowest BCUT2D eigenvalue weighted by molar-refractivity contribution is -0.0884. The maximum atomic E-state index is 16.9. The topological polar surface area (TPSA) is 62.8 Å². The first-order valence-corrected chi connectivity index (χ1v) is 17.0. The van der Waals surface area contributed by atoms with Gasteiger partial charge in [-0.15, -0.1) is 6.42 Å². The van der Waals surface area contributed by atoms with Crippen LogP contribution in [-0.2, 0) is 4.74 Å². The third-order valence-corrected chi connectivity index (χ3v) is 11.4. The number of benzene rings is 3. The first kappa shape index (κ1) is 29.3. The van der Waals surface area contributed by atoms with Crippen molar-refractivity contribution in [3.8, 4) is 29.5 Å². The van der Waals surface area contributed by atoms with Crippen LogP contribution in [0.25, 0.3) is 32.8 Å². The fraction of sp³-hybridized carbons (Fsp3) is 0.474. The highest BCUT2D eigenvalue weighted by atomic mass is 19.1. The van der Waals surface area contributed by atoms with Gasteiger partial charge in [-0.3, -0.25) is 0 Å². The normalized spacial score (nSPS) is 24.4. The molecular formula is C38H39F2N5O2. The van der Waals surface area contributed by atoms with E-state index in [1.807, 2.05) is 18.2 Å². The molecular weight excluding hydrogens is 596 g/mol. The summed E-state index contributed by atoms with van der Waals surface area (Å²) in [7, 11) is 0. The molecule has 5 heterocycles. The third-order valence-electron chi connectivity index (χ3n) is 11.4. The highest BCUT2D eigenvalue weighted by molar-refractivity contribution is 6.03. The average molecular weight is 636 g/mol. The molecule has 1 N–H and O–H groups in total. The average Bonchev–Trinajstić information content (AvgIpc) is 3.76. The number of terminal acetylenes is 1. The van der Waals surface area contributed by atoms with Crippen LogP contribution in [0, 0.1) is 34.8 Å². The van der Waals surface area contributed by atoms with Crippen molar-refractivity contribution in [1.29, 1.82) is 0 Å². The Morgan fingerprint density at radius 1 is 1.00 bits per heavy atom. The lowest BCUT2D eigenvalue weighted by Gasteiger charge is -2.53. The van der Waals surface area contributed by atoms with Crippen molar-refractivity contribution >= 4 is 27.5 Å². The summed E-state index contributed by atoms with van der Waals surface area (Å²) in [5.41, 5.74) is 1.39. The number of anilines is 1. The summed E-state index contributed by atoms with van der Waals surface area (Å²) < 4.78 is 45.1. The predicted octanol–water partition coefficient (Wildman–Crippen LogP) is 5.92. The van der Waals surface area contributed by atoms with Gasteiger partial charge in [-0.05, 0) is 61.6 Å². The molecule has 0 radical (unpaired) electrons. The monoisotopic (exact) mass is 635 g/mol. The Balaban J connectivity index is 1.08. The summed E-state index contributed by atoms with van der Waals surface area (Å²) >= 11 is 0. The van der Waals surface area contributed by atoms with E-state index < -0.39 is 11.6 Å². The van der Waals surface area contributed by atoms with Crippen molar-refractivity contribution in [2.45, 2.75) is 50.6 Å². The third kappa shape index (κ3) is 5.13. The van der Waals surface area contributed by atoms with Gasteiger partial charge in [0.1, 0.15) is 17.2 Å². The molecule has 9 rings (SSSR count). The summed E-state index contributed by atoms with van der Waals surface area (Å²) in [5.74, 6) is 1.83. The number of nitrogens with one attached hydrogen (secondary N) is 1. The fourth-order valence-electron chi connectivity index (χ4n) is 8.70. The number of hydrogen-bond donors (Lipinski definition) is 1. The number of hydrogen-bond acceptors (Lipinski definition) is 7. The van der Waals surface area contributed by atoms with Crippen LogP contribution in [0.1, 0.15) is 44.1 Å². The van der Waals surface area contributed by atoms with Crippen LogP contribution < -0.4 is 15.0 Å². The molecule has 2 unspecified atom stereocenters. The molecule has 4 saturated heterocycles. The van der Waals surface area contributed by atoms with Crippen LogP contribution in [0.5, 0.6) is 6.01 Å². The van der Waals surface area contributed by atoms with E-state index in [0.717, 1.165) is 76.8 Å². The van der Waals surface area contributed by atoms with Gasteiger partial charge < -0.3 is 24.6 Å². The minimum absolute atomic E-state index is 0.0560. The lowest BCUT2D eigenvalue weighted by atomic mass is 9.73. The second kappa shape index (κ2) is 11.1. The fourth-order valence-corrected chi connectivity index (χ4v) is 8.70. The smallest absolute Gasteiger partial charge is 0.319 e. The molecule has 1 aliphatic carbocycles. The number of halogens is 2. The number of nitrogens with zero attached hydrogens (tertiary/aromatic N) is 4. The Labute approximate surface area is 273 Å². The van der Waals surface area contributed by atoms with Crippen LogP contribution >= 0.6 is 0 Å². The molecule has 5 fully saturated rings. The molecule has 7 nitrogen and oxygen atoms in total. The first-order valence-electron chi connectivity index (χ1n) is 17.0. The van der Waals surface area contributed by atoms with Crippen molar-refractivity contribution in [2.75, 3.05) is 57.4 Å². The van der Waals surface area contributed by atoms with Gasteiger partial charge >= 0.3 is 6.01 Å². The van der Waals surface area contributed by atoms with E-state index in [0.29, 0.717) is 64.9 Å².